The van der Waals surface area contributed by atoms with Gasteiger partial charge in [-0.15, -0.1) is 0 Å². The summed E-state index contributed by atoms with van der Waals surface area (Å²) in [6.45, 7) is 6.02. The van der Waals surface area contributed by atoms with Crippen LogP contribution >= 0.6 is 0 Å². The molecule has 1 aromatic rings. The van der Waals surface area contributed by atoms with Gasteiger partial charge in [-0.25, -0.2) is 0 Å². The van der Waals surface area contributed by atoms with Crippen molar-refractivity contribution in [3.05, 3.63) is 35.5 Å². The number of rotatable bonds is 10. The SMILES string of the molecule is C.[B]C([B])Oc1cc(/C(C=NCC2CCOCC2)=C/N)ccc1CN1CCCC([C@](C)(O)CO)C1. The zero-order valence-electron chi connectivity index (χ0n) is 20.2. The highest BCUT2D eigenvalue weighted by Crippen LogP contribution is 2.31. The van der Waals surface area contributed by atoms with Crippen LogP contribution in [0.5, 0.6) is 5.75 Å². The van der Waals surface area contributed by atoms with Crippen molar-refractivity contribution in [3.63, 3.8) is 0 Å². The fourth-order valence-electron chi connectivity index (χ4n) is 4.64. The van der Waals surface area contributed by atoms with Gasteiger partial charge in [0.1, 0.15) is 21.4 Å². The van der Waals surface area contributed by atoms with E-state index in [4.69, 9.17) is 30.9 Å². The van der Waals surface area contributed by atoms with E-state index in [1.165, 1.54) is 0 Å². The molecule has 2 atom stereocenters. The van der Waals surface area contributed by atoms with E-state index in [0.717, 1.165) is 68.7 Å². The Balaban J connectivity index is 0.00000432. The van der Waals surface area contributed by atoms with Crippen molar-refractivity contribution in [1.29, 1.82) is 0 Å². The average Bonchev–Trinajstić information content (AvgIpc) is 2.83. The summed E-state index contributed by atoms with van der Waals surface area (Å²) in [5, 5.41) is 20.1. The number of likely N-dealkylation sites (tertiary alicyclic amines) is 1. The molecule has 0 spiro atoms. The summed E-state index contributed by atoms with van der Waals surface area (Å²) >= 11 is 0. The molecule has 190 valence electrons. The number of aliphatic hydroxyl groups is 2. The first-order chi connectivity index (χ1) is 16.3. The van der Waals surface area contributed by atoms with Crippen molar-refractivity contribution in [2.45, 2.75) is 58.1 Å². The van der Waals surface area contributed by atoms with Crippen LogP contribution in [0.1, 0.15) is 51.2 Å². The summed E-state index contributed by atoms with van der Waals surface area (Å²) in [7, 11) is 11.5. The third-order valence-corrected chi connectivity index (χ3v) is 6.88. The molecular weight excluding hydrogens is 440 g/mol. The normalized spacial score (nSPS) is 22.2. The summed E-state index contributed by atoms with van der Waals surface area (Å²) in [6.07, 6.45) is 7.26. The van der Waals surface area contributed by atoms with Gasteiger partial charge in [-0.3, -0.25) is 9.89 Å². The van der Waals surface area contributed by atoms with Crippen molar-refractivity contribution in [2.75, 3.05) is 39.5 Å². The van der Waals surface area contributed by atoms with Crippen LogP contribution in [-0.4, -0.2) is 88.0 Å². The third kappa shape index (κ3) is 8.67. The molecule has 4 N–H and O–H groups in total. The Hall–Kier alpha value is -1.80. The zero-order valence-corrected chi connectivity index (χ0v) is 20.2. The van der Waals surface area contributed by atoms with Crippen LogP contribution < -0.4 is 10.5 Å². The molecule has 7 nitrogen and oxygen atoms in total. The minimum absolute atomic E-state index is 0. The van der Waals surface area contributed by atoms with Gasteiger partial charge < -0.3 is 25.4 Å². The Labute approximate surface area is 213 Å². The number of aliphatic hydroxyl groups excluding tert-OH is 1. The number of hydrogen-bond acceptors (Lipinski definition) is 7. The van der Waals surface area contributed by atoms with E-state index in [0.29, 0.717) is 24.8 Å². The molecular formula is C26H41B2N3O4. The number of benzene rings is 1. The summed E-state index contributed by atoms with van der Waals surface area (Å²) in [5.41, 5.74) is 7.44. The van der Waals surface area contributed by atoms with Gasteiger partial charge in [0.25, 0.3) is 0 Å². The Morgan fingerprint density at radius 3 is 2.74 bits per heavy atom. The molecule has 0 aromatic heterocycles. The quantitative estimate of drug-likeness (QED) is 0.350. The monoisotopic (exact) mass is 481 g/mol. The third-order valence-electron chi connectivity index (χ3n) is 6.88. The molecule has 0 amide bonds. The van der Waals surface area contributed by atoms with E-state index < -0.39 is 11.5 Å². The first-order valence-corrected chi connectivity index (χ1v) is 12.2. The van der Waals surface area contributed by atoms with Crippen LogP contribution in [0.3, 0.4) is 0 Å². The minimum Gasteiger partial charge on any atom is -0.510 e. The highest BCUT2D eigenvalue weighted by Gasteiger charge is 2.34. The molecule has 1 unspecified atom stereocenters. The van der Waals surface area contributed by atoms with E-state index in [9.17, 15) is 10.2 Å². The van der Waals surface area contributed by atoms with E-state index in [1.807, 2.05) is 24.4 Å². The van der Waals surface area contributed by atoms with Crippen LogP contribution in [0, 0.1) is 11.8 Å². The molecule has 2 fully saturated rings. The van der Waals surface area contributed by atoms with Crippen LogP contribution in [-0.2, 0) is 11.3 Å². The second-order valence-electron chi connectivity index (χ2n) is 9.67. The summed E-state index contributed by atoms with van der Waals surface area (Å²) < 4.78 is 11.2. The predicted molar refractivity (Wildman–Crippen MR) is 144 cm³/mol. The lowest BCUT2D eigenvalue weighted by molar-refractivity contribution is -0.0697. The molecule has 0 saturated carbocycles. The number of hydrogen-bond donors (Lipinski definition) is 3. The van der Waals surface area contributed by atoms with Crippen molar-refractivity contribution in [1.82, 2.24) is 4.90 Å². The van der Waals surface area contributed by atoms with Gasteiger partial charge >= 0.3 is 0 Å². The topological polar surface area (TPSA) is 101 Å². The number of piperidine rings is 1. The maximum atomic E-state index is 10.5. The van der Waals surface area contributed by atoms with Crippen molar-refractivity contribution >= 4 is 27.5 Å². The molecule has 0 bridgehead atoms. The molecule has 2 aliphatic heterocycles. The lowest BCUT2D eigenvalue weighted by Gasteiger charge is -2.39. The Kier molecular flexibility index (Phi) is 11.8. The molecule has 0 aliphatic carbocycles. The second-order valence-corrected chi connectivity index (χ2v) is 9.67. The van der Waals surface area contributed by atoms with E-state index in [1.54, 1.807) is 13.1 Å². The van der Waals surface area contributed by atoms with Crippen molar-refractivity contribution in [2.24, 2.45) is 22.6 Å². The molecule has 3 rings (SSSR count). The highest BCUT2D eigenvalue weighted by molar-refractivity contribution is 6.34. The zero-order chi connectivity index (χ0) is 24.6. The fourth-order valence-corrected chi connectivity index (χ4v) is 4.64. The largest absolute Gasteiger partial charge is 0.510 e. The number of nitrogens with zero attached hydrogens (tertiary/aromatic N) is 2. The maximum absolute atomic E-state index is 10.5. The average molecular weight is 481 g/mol. The smallest absolute Gasteiger partial charge is 0.122 e. The lowest BCUT2D eigenvalue weighted by Crippen LogP contribution is -2.47. The Bertz CT molecular complexity index is 842. The van der Waals surface area contributed by atoms with E-state index in [-0.39, 0.29) is 20.0 Å². The van der Waals surface area contributed by atoms with Crippen LogP contribution in [0.15, 0.2) is 29.4 Å². The fraction of sp³-hybridized carbons (Fsp3) is 0.654. The van der Waals surface area contributed by atoms with E-state index >= 15 is 0 Å². The minimum atomic E-state index is -1.09. The standard InChI is InChI=1S/C25H37B2N3O4.CH4/c1-25(32,17-31)22-3-2-8-30(16-22)15-20-5-4-19(11-23(20)34-24(26)27)21(12-28)14-29-13-18-6-9-33-10-7-18;/h4-5,11-12,14,18,22,24,31-32H,2-3,6-10,13,15-17,28H2,1H3;1H4/b21-12+,29-14?;/t22?,25-;/m1./s1. The van der Waals surface area contributed by atoms with Crippen LogP contribution in [0.25, 0.3) is 5.57 Å². The van der Waals surface area contributed by atoms with Gasteiger partial charge in [0, 0.05) is 68.2 Å². The molecule has 2 saturated heterocycles. The molecule has 2 heterocycles. The van der Waals surface area contributed by atoms with Gasteiger partial charge in [0.2, 0.25) is 0 Å². The van der Waals surface area contributed by atoms with Crippen molar-refractivity contribution < 1.29 is 19.7 Å². The van der Waals surface area contributed by atoms with Crippen LogP contribution in [0.4, 0.5) is 0 Å². The Morgan fingerprint density at radius 2 is 2.09 bits per heavy atom. The lowest BCUT2D eigenvalue weighted by atomic mass is 9.82. The Morgan fingerprint density at radius 1 is 1.34 bits per heavy atom. The van der Waals surface area contributed by atoms with Gasteiger partial charge in [-0.1, -0.05) is 19.6 Å². The highest BCUT2D eigenvalue weighted by atomic mass is 16.5. The second kappa shape index (κ2) is 14.1. The number of aliphatic imine (C=N–C) groups is 1. The first-order valence-electron chi connectivity index (χ1n) is 12.2. The number of allylic oxidation sites excluding steroid dienone is 1. The maximum Gasteiger partial charge on any atom is 0.122 e. The molecule has 9 heteroatoms. The number of nitrogens with two attached hydrogens (primary N) is 1. The van der Waals surface area contributed by atoms with Crippen molar-refractivity contribution in [3.8, 4) is 5.75 Å². The molecule has 2 aliphatic rings. The van der Waals surface area contributed by atoms with Gasteiger partial charge in [-0.2, -0.15) is 0 Å². The summed E-state index contributed by atoms with van der Waals surface area (Å²) in [5.74, 6) is 0.192. The number of ether oxygens (including phenoxy) is 2. The summed E-state index contributed by atoms with van der Waals surface area (Å²) in [4.78, 5) is 6.88. The molecule has 35 heavy (non-hydrogen) atoms. The van der Waals surface area contributed by atoms with Crippen LogP contribution in [0.2, 0.25) is 0 Å². The molecule has 4 radical (unpaired) electrons. The first kappa shape index (κ1) is 29.4. The predicted octanol–water partition coefficient (Wildman–Crippen LogP) is 2.07. The van der Waals surface area contributed by atoms with Gasteiger partial charge in [-0.05, 0) is 56.7 Å². The van der Waals surface area contributed by atoms with E-state index in [2.05, 4.69) is 9.89 Å². The van der Waals surface area contributed by atoms with Gasteiger partial charge in [0.15, 0.2) is 0 Å². The summed E-state index contributed by atoms with van der Waals surface area (Å²) in [6, 6.07) is 5.89. The molecule has 1 aromatic carbocycles. The van der Waals surface area contributed by atoms with Gasteiger partial charge in [0.05, 0.1) is 12.2 Å².